The minimum Gasteiger partial charge on any atom is -0.359 e. The second kappa shape index (κ2) is 3.97. The lowest BCUT2D eigenvalue weighted by atomic mass is 9.90. The number of hydrogen-bond donors (Lipinski definition) is 0. The molecule has 0 bridgehead atoms. The third-order valence-corrected chi connectivity index (χ3v) is 5.76. The summed E-state index contributed by atoms with van der Waals surface area (Å²) < 4.78 is 5.81. The Hall–Kier alpha value is 0.920. The molecule has 4 atom stereocenters. The highest BCUT2D eigenvalue weighted by Crippen LogP contribution is 2.46. The quantitative estimate of drug-likeness (QED) is 0.709. The Balaban J connectivity index is 2.72. The largest absolute Gasteiger partial charge is 0.359 e. The van der Waals surface area contributed by atoms with Gasteiger partial charge in [0.15, 0.2) is 0 Å². The molecule has 0 spiro atoms. The summed E-state index contributed by atoms with van der Waals surface area (Å²) in [7, 11) is 0. The Kier molecular flexibility index (Phi) is 3.64. The zero-order chi connectivity index (χ0) is 9.35. The van der Waals surface area contributed by atoms with Gasteiger partial charge in [-0.2, -0.15) is 0 Å². The fourth-order valence-corrected chi connectivity index (χ4v) is 3.09. The van der Waals surface area contributed by atoms with E-state index in [9.17, 15) is 0 Å². The molecular formula is C9H16Br2O. The summed E-state index contributed by atoms with van der Waals surface area (Å²) in [5, 5.41) is 0.863. The normalized spacial score (nSPS) is 48.2. The first kappa shape index (κ1) is 11.0. The van der Waals surface area contributed by atoms with Gasteiger partial charge in [0.25, 0.3) is 0 Å². The molecule has 1 nitrogen and oxygen atoms in total. The first-order chi connectivity index (χ1) is 5.55. The Morgan fingerprint density at radius 3 is 2.25 bits per heavy atom. The molecular weight excluding hydrogens is 284 g/mol. The van der Waals surface area contributed by atoms with Crippen LogP contribution >= 0.6 is 31.9 Å². The van der Waals surface area contributed by atoms with Crippen molar-refractivity contribution in [3.8, 4) is 0 Å². The Morgan fingerprint density at radius 1 is 1.42 bits per heavy atom. The van der Waals surface area contributed by atoms with E-state index in [1.807, 2.05) is 0 Å². The zero-order valence-electron chi connectivity index (χ0n) is 7.81. The minimum atomic E-state index is -0.132. The van der Waals surface area contributed by atoms with Crippen molar-refractivity contribution >= 4 is 31.9 Å². The second-order valence-electron chi connectivity index (χ2n) is 3.63. The molecule has 0 N–H and O–H groups in total. The van der Waals surface area contributed by atoms with Gasteiger partial charge in [-0.25, -0.2) is 0 Å². The molecule has 72 valence electrons. The lowest BCUT2D eigenvalue weighted by molar-refractivity contribution is 0.0253. The number of alkyl halides is 2. The summed E-state index contributed by atoms with van der Waals surface area (Å²) in [6.07, 6.45) is 1.52. The molecule has 1 aliphatic rings. The standard InChI is InChI=1S/C9H16Br2O/c1-4-8-6(2)7(3)9(11,5-10)12-8/h6-8H,4-5H2,1-3H3/t6-,7+,8-,9?/m1/s1. The predicted molar refractivity (Wildman–Crippen MR) is 58.9 cm³/mol. The fourth-order valence-electron chi connectivity index (χ4n) is 1.79. The zero-order valence-corrected chi connectivity index (χ0v) is 11.0. The van der Waals surface area contributed by atoms with Crippen LogP contribution < -0.4 is 0 Å². The molecule has 1 fully saturated rings. The summed E-state index contributed by atoms with van der Waals surface area (Å²) in [6.45, 7) is 6.70. The number of ether oxygens (including phenoxy) is 1. The first-order valence-electron chi connectivity index (χ1n) is 4.48. The average molecular weight is 300 g/mol. The highest BCUT2D eigenvalue weighted by Gasteiger charge is 2.47. The lowest BCUT2D eigenvalue weighted by Gasteiger charge is -2.24. The van der Waals surface area contributed by atoms with Crippen LogP contribution in [-0.4, -0.2) is 15.9 Å². The molecule has 1 aliphatic heterocycles. The molecule has 1 heterocycles. The van der Waals surface area contributed by atoms with Gasteiger partial charge < -0.3 is 4.74 Å². The average Bonchev–Trinajstić information content (AvgIpc) is 2.31. The Bertz CT molecular complexity index is 163. The lowest BCUT2D eigenvalue weighted by Crippen LogP contribution is -2.29. The van der Waals surface area contributed by atoms with E-state index in [0.29, 0.717) is 17.9 Å². The van der Waals surface area contributed by atoms with Crippen LogP contribution in [0.1, 0.15) is 27.2 Å². The van der Waals surface area contributed by atoms with Crippen LogP contribution in [0.4, 0.5) is 0 Å². The monoisotopic (exact) mass is 298 g/mol. The van der Waals surface area contributed by atoms with Crippen LogP contribution in [0.3, 0.4) is 0 Å². The van der Waals surface area contributed by atoms with E-state index in [4.69, 9.17) is 4.74 Å². The topological polar surface area (TPSA) is 9.23 Å². The molecule has 1 saturated heterocycles. The van der Waals surface area contributed by atoms with Crippen molar-refractivity contribution in [2.24, 2.45) is 11.8 Å². The maximum absolute atomic E-state index is 5.94. The molecule has 0 radical (unpaired) electrons. The highest BCUT2D eigenvalue weighted by molar-refractivity contribution is 9.12. The van der Waals surface area contributed by atoms with Crippen LogP contribution in [0.2, 0.25) is 0 Å². The van der Waals surface area contributed by atoms with Crippen LogP contribution in [0.5, 0.6) is 0 Å². The van der Waals surface area contributed by atoms with Gasteiger partial charge in [0.1, 0.15) is 4.51 Å². The maximum atomic E-state index is 5.94. The molecule has 1 unspecified atom stereocenters. The molecule has 0 amide bonds. The maximum Gasteiger partial charge on any atom is 0.135 e. The third-order valence-electron chi connectivity index (χ3n) is 2.99. The van der Waals surface area contributed by atoms with Gasteiger partial charge in [0, 0.05) is 11.2 Å². The molecule has 3 heteroatoms. The van der Waals surface area contributed by atoms with Crippen molar-refractivity contribution in [1.82, 2.24) is 0 Å². The van der Waals surface area contributed by atoms with Gasteiger partial charge in [-0.1, -0.05) is 52.6 Å². The van der Waals surface area contributed by atoms with Gasteiger partial charge in [-0.05, 0) is 12.3 Å². The van der Waals surface area contributed by atoms with Crippen molar-refractivity contribution < 1.29 is 4.74 Å². The smallest absolute Gasteiger partial charge is 0.135 e. The molecule has 0 aromatic carbocycles. The third kappa shape index (κ3) is 1.73. The Morgan fingerprint density at radius 2 is 2.00 bits per heavy atom. The van der Waals surface area contributed by atoms with E-state index in [2.05, 4.69) is 52.6 Å². The van der Waals surface area contributed by atoms with Gasteiger partial charge in [0.2, 0.25) is 0 Å². The van der Waals surface area contributed by atoms with E-state index in [1.165, 1.54) is 0 Å². The van der Waals surface area contributed by atoms with Gasteiger partial charge in [-0.3, -0.25) is 0 Å². The molecule has 0 saturated carbocycles. The summed E-state index contributed by atoms with van der Waals surface area (Å²) in [6, 6.07) is 0. The molecule has 0 aliphatic carbocycles. The van der Waals surface area contributed by atoms with Crippen molar-refractivity contribution in [3.05, 3.63) is 0 Å². The number of halogens is 2. The van der Waals surface area contributed by atoms with E-state index < -0.39 is 0 Å². The van der Waals surface area contributed by atoms with Crippen LogP contribution in [0.15, 0.2) is 0 Å². The van der Waals surface area contributed by atoms with Crippen molar-refractivity contribution in [3.63, 3.8) is 0 Å². The molecule has 1 rings (SSSR count). The molecule has 0 aromatic heterocycles. The summed E-state index contributed by atoms with van der Waals surface area (Å²) in [4.78, 5) is 0. The summed E-state index contributed by atoms with van der Waals surface area (Å²) >= 11 is 7.15. The van der Waals surface area contributed by atoms with Crippen LogP contribution in [-0.2, 0) is 4.74 Å². The van der Waals surface area contributed by atoms with Gasteiger partial charge in [-0.15, -0.1) is 0 Å². The SMILES string of the molecule is CC[C@H]1OC(Br)(CBr)[C@@H](C)[C@H]1C. The number of rotatable bonds is 2. The van der Waals surface area contributed by atoms with Crippen LogP contribution in [0.25, 0.3) is 0 Å². The summed E-state index contributed by atoms with van der Waals surface area (Å²) in [5.41, 5.74) is 0. The minimum absolute atomic E-state index is 0.132. The Labute approximate surface area is 91.5 Å². The van der Waals surface area contributed by atoms with Crippen molar-refractivity contribution in [1.29, 1.82) is 0 Å². The van der Waals surface area contributed by atoms with E-state index in [-0.39, 0.29) is 4.51 Å². The fraction of sp³-hybridized carbons (Fsp3) is 1.00. The highest BCUT2D eigenvalue weighted by atomic mass is 79.9. The van der Waals surface area contributed by atoms with E-state index in [1.54, 1.807) is 0 Å². The van der Waals surface area contributed by atoms with Gasteiger partial charge in [0.05, 0.1) is 6.10 Å². The first-order valence-corrected chi connectivity index (χ1v) is 6.39. The van der Waals surface area contributed by atoms with E-state index >= 15 is 0 Å². The summed E-state index contributed by atoms with van der Waals surface area (Å²) in [5.74, 6) is 1.22. The molecule has 0 aromatic rings. The predicted octanol–water partition coefficient (Wildman–Crippen LogP) is 3.55. The van der Waals surface area contributed by atoms with E-state index in [0.717, 1.165) is 11.8 Å². The van der Waals surface area contributed by atoms with Crippen molar-refractivity contribution in [2.75, 3.05) is 5.33 Å². The molecule has 12 heavy (non-hydrogen) atoms. The van der Waals surface area contributed by atoms with Crippen LogP contribution in [0, 0.1) is 11.8 Å². The second-order valence-corrected chi connectivity index (χ2v) is 5.54. The number of hydrogen-bond acceptors (Lipinski definition) is 1. The van der Waals surface area contributed by atoms with Crippen molar-refractivity contribution in [2.45, 2.75) is 37.8 Å². The van der Waals surface area contributed by atoms with Gasteiger partial charge >= 0.3 is 0 Å².